The van der Waals surface area contributed by atoms with E-state index in [1.807, 2.05) is 6.20 Å². The van der Waals surface area contributed by atoms with Gasteiger partial charge in [0.2, 0.25) is 5.95 Å². The monoisotopic (exact) mass is 232 g/mol. The van der Waals surface area contributed by atoms with Crippen molar-refractivity contribution in [1.82, 2.24) is 9.97 Å². The van der Waals surface area contributed by atoms with Crippen molar-refractivity contribution < 1.29 is 0 Å². The topological polar surface area (TPSA) is 55.0 Å². The molecule has 0 saturated carbocycles. The highest BCUT2D eigenvalue weighted by Gasteiger charge is 2.24. The third-order valence-corrected chi connectivity index (χ3v) is 4.02. The first-order valence-corrected chi connectivity index (χ1v) is 6.60. The minimum atomic E-state index is 0.361. The normalized spacial score (nSPS) is 25.1. The Hall–Kier alpha value is -1.16. The highest BCUT2D eigenvalue weighted by Crippen LogP contribution is 2.31. The molecule has 1 unspecified atom stereocenters. The molecule has 4 nitrogen and oxygen atoms in total. The van der Waals surface area contributed by atoms with E-state index in [0.717, 1.165) is 38.3 Å². The Kier molecular flexibility index (Phi) is 2.74. The fourth-order valence-corrected chi connectivity index (χ4v) is 2.79. The number of rotatable bonds is 1. The van der Waals surface area contributed by atoms with Crippen LogP contribution in [0.5, 0.6) is 0 Å². The van der Waals surface area contributed by atoms with Crippen molar-refractivity contribution in [3.05, 3.63) is 17.5 Å². The van der Waals surface area contributed by atoms with Gasteiger partial charge >= 0.3 is 0 Å². The second kappa shape index (κ2) is 4.26. The van der Waals surface area contributed by atoms with E-state index < -0.39 is 0 Å². The summed E-state index contributed by atoms with van der Waals surface area (Å²) in [5, 5.41) is 0. The first-order valence-electron chi connectivity index (χ1n) is 6.60. The maximum absolute atomic E-state index is 5.92. The number of fused-ring (bicyclic) bond motifs is 1. The van der Waals surface area contributed by atoms with E-state index in [-0.39, 0.29) is 0 Å². The van der Waals surface area contributed by atoms with Gasteiger partial charge in [0.05, 0.1) is 5.69 Å². The van der Waals surface area contributed by atoms with Crippen LogP contribution in [0.15, 0.2) is 6.20 Å². The third-order valence-electron chi connectivity index (χ3n) is 4.02. The third kappa shape index (κ3) is 2.02. The van der Waals surface area contributed by atoms with Crippen LogP contribution in [0.25, 0.3) is 0 Å². The van der Waals surface area contributed by atoms with Gasteiger partial charge in [-0.15, -0.1) is 0 Å². The molecule has 2 heterocycles. The maximum atomic E-state index is 5.92. The molecule has 0 amide bonds. The Labute approximate surface area is 102 Å². The van der Waals surface area contributed by atoms with Crippen LogP contribution >= 0.6 is 0 Å². The fourth-order valence-electron chi connectivity index (χ4n) is 2.79. The molecule has 0 spiro atoms. The van der Waals surface area contributed by atoms with E-state index in [4.69, 9.17) is 10.7 Å². The van der Waals surface area contributed by atoms with Crippen molar-refractivity contribution in [3.8, 4) is 0 Å². The predicted molar refractivity (Wildman–Crippen MR) is 68.2 cm³/mol. The smallest absolute Gasteiger partial charge is 0.225 e. The number of aromatic nitrogens is 2. The Morgan fingerprint density at radius 1 is 1.29 bits per heavy atom. The molecule has 0 aromatic carbocycles. The molecule has 17 heavy (non-hydrogen) atoms. The molecule has 1 saturated heterocycles. The van der Waals surface area contributed by atoms with Crippen molar-refractivity contribution in [1.29, 1.82) is 0 Å². The van der Waals surface area contributed by atoms with Crippen LogP contribution in [0, 0.1) is 0 Å². The van der Waals surface area contributed by atoms with Crippen LogP contribution < -0.4 is 10.6 Å². The number of anilines is 1. The minimum Gasteiger partial charge on any atom is -0.341 e. The minimum absolute atomic E-state index is 0.361. The quantitative estimate of drug-likeness (QED) is 0.796. The zero-order valence-electron chi connectivity index (χ0n) is 10.4. The van der Waals surface area contributed by atoms with Crippen LogP contribution in [-0.4, -0.2) is 29.1 Å². The van der Waals surface area contributed by atoms with E-state index in [2.05, 4.69) is 16.8 Å². The van der Waals surface area contributed by atoms with E-state index in [0.29, 0.717) is 12.0 Å². The summed E-state index contributed by atoms with van der Waals surface area (Å²) in [4.78, 5) is 11.5. The molecule has 1 aliphatic heterocycles. The van der Waals surface area contributed by atoms with Crippen molar-refractivity contribution in [2.24, 2.45) is 5.73 Å². The van der Waals surface area contributed by atoms with E-state index in [1.54, 1.807) is 0 Å². The van der Waals surface area contributed by atoms with Gasteiger partial charge in [-0.25, -0.2) is 9.97 Å². The molecule has 0 bridgehead atoms. The van der Waals surface area contributed by atoms with Gasteiger partial charge < -0.3 is 10.6 Å². The number of aryl methyl sites for hydroxylation is 1. The fraction of sp³-hybridized carbons (Fsp3) is 0.692. The number of nitrogens with two attached hydrogens (primary N) is 1. The lowest BCUT2D eigenvalue weighted by molar-refractivity contribution is 0.495. The maximum Gasteiger partial charge on any atom is 0.225 e. The molecule has 2 aliphatic rings. The Bertz CT molecular complexity index is 410. The largest absolute Gasteiger partial charge is 0.341 e. The van der Waals surface area contributed by atoms with E-state index in [9.17, 15) is 0 Å². The van der Waals surface area contributed by atoms with Gasteiger partial charge in [0.1, 0.15) is 0 Å². The molecular weight excluding hydrogens is 212 g/mol. The van der Waals surface area contributed by atoms with Gasteiger partial charge in [-0.05, 0) is 37.2 Å². The van der Waals surface area contributed by atoms with Gasteiger partial charge in [-0.1, -0.05) is 6.92 Å². The molecule has 1 aromatic rings. The molecule has 0 radical (unpaired) electrons. The molecule has 1 fully saturated rings. The summed E-state index contributed by atoms with van der Waals surface area (Å²) in [6, 6.07) is 0.361. The lowest BCUT2D eigenvalue weighted by atomic mass is 10.1. The van der Waals surface area contributed by atoms with E-state index in [1.165, 1.54) is 17.7 Å². The van der Waals surface area contributed by atoms with Crippen LogP contribution in [0.2, 0.25) is 0 Å². The Morgan fingerprint density at radius 3 is 2.82 bits per heavy atom. The summed E-state index contributed by atoms with van der Waals surface area (Å²) in [6.45, 7) is 4.25. The number of hydrogen-bond acceptors (Lipinski definition) is 4. The van der Waals surface area contributed by atoms with Gasteiger partial charge in [-0.3, -0.25) is 0 Å². The zero-order chi connectivity index (χ0) is 11.8. The summed E-state index contributed by atoms with van der Waals surface area (Å²) < 4.78 is 0. The molecule has 3 rings (SSSR count). The molecular formula is C13H20N4. The molecule has 92 valence electrons. The van der Waals surface area contributed by atoms with Crippen LogP contribution in [0.1, 0.15) is 43.4 Å². The van der Waals surface area contributed by atoms with Crippen LogP contribution in [0.3, 0.4) is 0 Å². The molecule has 1 aromatic heterocycles. The molecule has 2 N–H and O–H groups in total. The number of nitrogens with zero attached hydrogens (tertiary/aromatic N) is 3. The number of hydrogen-bond donors (Lipinski definition) is 1. The van der Waals surface area contributed by atoms with Gasteiger partial charge in [-0.2, -0.15) is 0 Å². The van der Waals surface area contributed by atoms with Crippen LogP contribution in [0.4, 0.5) is 5.95 Å². The van der Waals surface area contributed by atoms with Gasteiger partial charge in [0, 0.05) is 25.3 Å². The number of piperidine rings is 1. The second-order valence-electron chi connectivity index (χ2n) is 5.34. The first-order chi connectivity index (χ1) is 8.24. The van der Waals surface area contributed by atoms with Crippen molar-refractivity contribution in [3.63, 3.8) is 0 Å². The Balaban J connectivity index is 1.82. The van der Waals surface area contributed by atoms with Gasteiger partial charge in [0.15, 0.2) is 0 Å². The SMILES string of the molecule is CC1CCc2cnc(N3CCC(N)CC3)nc21. The summed E-state index contributed by atoms with van der Waals surface area (Å²) in [5.41, 5.74) is 8.53. The average molecular weight is 232 g/mol. The first kappa shape index (κ1) is 11.0. The summed E-state index contributed by atoms with van der Waals surface area (Å²) in [7, 11) is 0. The summed E-state index contributed by atoms with van der Waals surface area (Å²) >= 11 is 0. The van der Waals surface area contributed by atoms with E-state index >= 15 is 0 Å². The zero-order valence-corrected chi connectivity index (χ0v) is 10.4. The lowest BCUT2D eigenvalue weighted by Crippen LogP contribution is -2.40. The molecule has 4 heteroatoms. The highest BCUT2D eigenvalue weighted by molar-refractivity contribution is 5.37. The van der Waals surface area contributed by atoms with Crippen LogP contribution in [-0.2, 0) is 6.42 Å². The van der Waals surface area contributed by atoms with Crippen molar-refractivity contribution in [2.45, 2.75) is 44.6 Å². The lowest BCUT2D eigenvalue weighted by Gasteiger charge is -2.30. The Morgan fingerprint density at radius 2 is 2.06 bits per heavy atom. The molecule has 1 atom stereocenters. The summed E-state index contributed by atoms with van der Waals surface area (Å²) in [5.74, 6) is 1.50. The predicted octanol–water partition coefficient (Wildman–Crippen LogP) is 1.45. The standard InChI is InChI=1S/C13H20N4/c1-9-2-3-10-8-15-13(16-12(9)10)17-6-4-11(14)5-7-17/h8-9,11H,2-7,14H2,1H3. The highest BCUT2D eigenvalue weighted by atomic mass is 15.3. The molecule has 1 aliphatic carbocycles. The summed E-state index contributed by atoms with van der Waals surface area (Å²) in [6.07, 6.45) is 6.49. The van der Waals surface area contributed by atoms with Crippen molar-refractivity contribution >= 4 is 5.95 Å². The second-order valence-corrected chi connectivity index (χ2v) is 5.34. The van der Waals surface area contributed by atoms with Crippen molar-refractivity contribution in [2.75, 3.05) is 18.0 Å². The average Bonchev–Trinajstić information content (AvgIpc) is 2.72. The van der Waals surface area contributed by atoms with Gasteiger partial charge in [0.25, 0.3) is 0 Å².